The standard InChI is InChI=1S/C22H25NOS/c1-4-18-14-20(16(3)23-22(18)24)21-13-12-19(25-21)7-5-6-17-10-8-15(2)9-11-17/h8-14H,4-7H2,1-3H3,(H,23,24). The zero-order valence-corrected chi connectivity index (χ0v) is 16.0. The number of nitrogens with one attached hydrogen (secondary N) is 1. The molecule has 0 aliphatic rings. The summed E-state index contributed by atoms with van der Waals surface area (Å²) < 4.78 is 0. The molecule has 0 radical (unpaired) electrons. The number of aryl methyl sites for hydroxylation is 5. The molecule has 2 aromatic heterocycles. The van der Waals surface area contributed by atoms with Crippen LogP contribution in [0.25, 0.3) is 10.4 Å². The fraction of sp³-hybridized carbons (Fsp3) is 0.318. The SMILES string of the molecule is CCc1cc(-c2ccc(CCCc3ccc(C)cc3)s2)c(C)[nH]c1=O. The molecule has 0 atom stereocenters. The van der Waals surface area contributed by atoms with Gasteiger partial charge in [-0.3, -0.25) is 4.79 Å². The molecular formula is C22H25NOS. The maximum Gasteiger partial charge on any atom is 0.251 e. The molecule has 3 aromatic rings. The van der Waals surface area contributed by atoms with E-state index in [0.717, 1.165) is 42.5 Å². The van der Waals surface area contributed by atoms with Crippen LogP contribution in [0.4, 0.5) is 0 Å². The first kappa shape index (κ1) is 17.7. The van der Waals surface area contributed by atoms with Gasteiger partial charge in [-0.1, -0.05) is 36.8 Å². The average molecular weight is 352 g/mol. The van der Waals surface area contributed by atoms with E-state index in [9.17, 15) is 4.79 Å². The van der Waals surface area contributed by atoms with Gasteiger partial charge in [0.25, 0.3) is 5.56 Å². The fourth-order valence-corrected chi connectivity index (χ4v) is 4.19. The van der Waals surface area contributed by atoms with E-state index in [1.165, 1.54) is 20.9 Å². The van der Waals surface area contributed by atoms with E-state index in [1.54, 1.807) is 0 Å². The largest absolute Gasteiger partial charge is 0.326 e. The maximum atomic E-state index is 11.9. The second kappa shape index (κ2) is 7.83. The first-order chi connectivity index (χ1) is 12.1. The first-order valence-corrected chi connectivity index (χ1v) is 9.76. The van der Waals surface area contributed by atoms with Crippen LogP contribution in [0, 0.1) is 13.8 Å². The van der Waals surface area contributed by atoms with Gasteiger partial charge in [0.1, 0.15) is 0 Å². The molecule has 0 saturated carbocycles. The average Bonchev–Trinajstić information content (AvgIpc) is 3.05. The van der Waals surface area contributed by atoms with Crippen LogP contribution in [0.3, 0.4) is 0 Å². The lowest BCUT2D eigenvalue weighted by Gasteiger charge is -2.05. The molecule has 0 aliphatic carbocycles. The first-order valence-electron chi connectivity index (χ1n) is 8.94. The number of aromatic nitrogens is 1. The summed E-state index contributed by atoms with van der Waals surface area (Å²) in [5.74, 6) is 0. The Balaban J connectivity index is 1.68. The Bertz CT molecular complexity index is 903. The van der Waals surface area contributed by atoms with Crippen LogP contribution in [-0.4, -0.2) is 4.98 Å². The maximum absolute atomic E-state index is 11.9. The topological polar surface area (TPSA) is 32.9 Å². The minimum absolute atomic E-state index is 0.0404. The number of rotatable bonds is 6. The third-order valence-corrected chi connectivity index (χ3v) is 5.81. The van der Waals surface area contributed by atoms with Gasteiger partial charge in [0, 0.05) is 26.6 Å². The highest BCUT2D eigenvalue weighted by Gasteiger charge is 2.09. The van der Waals surface area contributed by atoms with E-state index >= 15 is 0 Å². The fourth-order valence-electron chi connectivity index (χ4n) is 3.06. The minimum atomic E-state index is 0.0404. The molecule has 2 nitrogen and oxygen atoms in total. The van der Waals surface area contributed by atoms with Gasteiger partial charge < -0.3 is 4.98 Å². The van der Waals surface area contributed by atoms with Crippen LogP contribution in [0.2, 0.25) is 0 Å². The third-order valence-electron chi connectivity index (χ3n) is 4.63. The number of H-pyrrole nitrogens is 1. The molecular weight excluding hydrogens is 326 g/mol. The summed E-state index contributed by atoms with van der Waals surface area (Å²) in [6.45, 7) is 6.13. The number of hydrogen-bond donors (Lipinski definition) is 1. The highest BCUT2D eigenvalue weighted by atomic mass is 32.1. The molecule has 0 aliphatic heterocycles. The molecule has 0 saturated heterocycles. The summed E-state index contributed by atoms with van der Waals surface area (Å²) in [6, 6.07) is 15.3. The van der Waals surface area contributed by atoms with Crippen LogP contribution in [0.1, 0.15) is 40.6 Å². The lowest BCUT2D eigenvalue weighted by molar-refractivity contribution is 0.831. The summed E-state index contributed by atoms with van der Waals surface area (Å²) in [5.41, 5.74) is 5.73. The predicted molar refractivity (Wildman–Crippen MR) is 108 cm³/mol. The number of pyridine rings is 1. The Morgan fingerprint density at radius 1 is 1.00 bits per heavy atom. The lowest BCUT2D eigenvalue weighted by atomic mass is 10.1. The normalized spacial score (nSPS) is 11.0. The Morgan fingerprint density at radius 3 is 2.48 bits per heavy atom. The molecule has 0 fully saturated rings. The number of thiophene rings is 1. The smallest absolute Gasteiger partial charge is 0.251 e. The minimum Gasteiger partial charge on any atom is -0.326 e. The highest BCUT2D eigenvalue weighted by molar-refractivity contribution is 7.15. The predicted octanol–water partition coefficient (Wildman–Crippen LogP) is 5.46. The van der Waals surface area contributed by atoms with Crippen LogP contribution in [0.5, 0.6) is 0 Å². The second-order valence-electron chi connectivity index (χ2n) is 6.62. The van der Waals surface area contributed by atoms with Crippen molar-refractivity contribution in [2.24, 2.45) is 0 Å². The number of aromatic amines is 1. The van der Waals surface area contributed by atoms with Crippen LogP contribution < -0.4 is 5.56 Å². The van der Waals surface area contributed by atoms with Gasteiger partial charge in [-0.25, -0.2) is 0 Å². The van der Waals surface area contributed by atoms with E-state index in [1.807, 2.05) is 25.2 Å². The van der Waals surface area contributed by atoms with Gasteiger partial charge in [-0.2, -0.15) is 0 Å². The second-order valence-corrected chi connectivity index (χ2v) is 7.79. The summed E-state index contributed by atoms with van der Waals surface area (Å²) >= 11 is 1.84. The van der Waals surface area contributed by atoms with E-state index in [0.29, 0.717) is 0 Å². The van der Waals surface area contributed by atoms with Crippen molar-refractivity contribution in [1.82, 2.24) is 4.98 Å². The Kier molecular flexibility index (Phi) is 5.54. The van der Waals surface area contributed by atoms with Crippen molar-refractivity contribution in [2.45, 2.75) is 46.5 Å². The molecule has 3 rings (SSSR count). The van der Waals surface area contributed by atoms with Crippen molar-refractivity contribution in [1.29, 1.82) is 0 Å². The van der Waals surface area contributed by atoms with Gasteiger partial charge in [0.2, 0.25) is 0 Å². The van der Waals surface area contributed by atoms with Gasteiger partial charge in [0.15, 0.2) is 0 Å². The molecule has 2 heterocycles. The monoisotopic (exact) mass is 351 g/mol. The molecule has 0 bridgehead atoms. The summed E-state index contributed by atoms with van der Waals surface area (Å²) in [5, 5.41) is 0. The molecule has 130 valence electrons. The van der Waals surface area contributed by atoms with E-state index in [-0.39, 0.29) is 5.56 Å². The summed E-state index contributed by atoms with van der Waals surface area (Å²) in [7, 11) is 0. The van der Waals surface area contributed by atoms with Crippen LogP contribution in [0.15, 0.2) is 47.3 Å². The van der Waals surface area contributed by atoms with Crippen molar-refractivity contribution >= 4 is 11.3 Å². The molecule has 25 heavy (non-hydrogen) atoms. The van der Waals surface area contributed by atoms with Gasteiger partial charge in [-0.15, -0.1) is 11.3 Å². The highest BCUT2D eigenvalue weighted by Crippen LogP contribution is 2.30. The van der Waals surface area contributed by atoms with E-state index < -0.39 is 0 Å². The quantitative estimate of drug-likeness (QED) is 0.628. The Morgan fingerprint density at radius 2 is 1.76 bits per heavy atom. The molecule has 1 N–H and O–H groups in total. The van der Waals surface area contributed by atoms with Crippen LogP contribution in [-0.2, 0) is 19.3 Å². The molecule has 0 spiro atoms. The van der Waals surface area contributed by atoms with Gasteiger partial charge >= 0.3 is 0 Å². The van der Waals surface area contributed by atoms with Crippen molar-refractivity contribution in [3.8, 4) is 10.4 Å². The van der Waals surface area contributed by atoms with E-state index in [4.69, 9.17) is 0 Å². The Labute approximate surface area is 153 Å². The summed E-state index contributed by atoms with van der Waals surface area (Å²) in [6.07, 6.45) is 4.14. The lowest BCUT2D eigenvalue weighted by Crippen LogP contribution is -2.13. The zero-order chi connectivity index (χ0) is 17.8. The molecule has 3 heteroatoms. The zero-order valence-electron chi connectivity index (χ0n) is 15.2. The van der Waals surface area contributed by atoms with Gasteiger partial charge in [0.05, 0.1) is 0 Å². The Hall–Kier alpha value is -2.13. The van der Waals surface area contributed by atoms with Gasteiger partial charge in [-0.05, 0) is 63.3 Å². The number of hydrogen-bond acceptors (Lipinski definition) is 2. The third kappa shape index (κ3) is 4.29. The molecule has 0 unspecified atom stereocenters. The van der Waals surface area contributed by atoms with Crippen molar-refractivity contribution in [2.75, 3.05) is 0 Å². The van der Waals surface area contributed by atoms with E-state index in [2.05, 4.69) is 54.4 Å². The molecule has 1 aromatic carbocycles. The molecule has 0 amide bonds. The number of benzene rings is 1. The van der Waals surface area contributed by atoms with Crippen molar-refractivity contribution < 1.29 is 0 Å². The van der Waals surface area contributed by atoms with Crippen molar-refractivity contribution in [3.05, 3.63) is 80.1 Å². The summed E-state index contributed by atoms with van der Waals surface area (Å²) in [4.78, 5) is 17.5. The van der Waals surface area contributed by atoms with Crippen molar-refractivity contribution in [3.63, 3.8) is 0 Å². The van der Waals surface area contributed by atoms with Crippen LogP contribution >= 0.6 is 11.3 Å².